The van der Waals surface area contributed by atoms with Crippen LogP contribution in [0, 0.1) is 5.92 Å². The van der Waals surface area contributed by atoms with Gasteiger partial charge in [-0.15, -0.1) is 0 Å². The first-order valence-electron chi connectivity index (χ1n) is 6.12. The van der Waals surface area contributed by atoms with Crippen LogP contribution in [0.1, 0.15) is 0 Å². The van der Waals surface area contributed by atoms with Gasteiger partial charge >= 0.3 is 5.69 Å². The Kier molecular flexibility index (Phi) is 4.73. The number of carbonyl (C=O) groups excluding carboxylic acids is 1. The number of rotatable bonds is 4. The maximum Gasteiger partial charge on any atom is 0.328 e. The van der Waals surface area contributed by atoms with E-state index in [9.17, 15) is 19.5 Å². The van der Waals surface area contributed by atoms with Gasteiger partial charge in [0.05, 0.1) is 10.6 Å². The summed E-state index contributed by atoms with van der Waals surface area (Å²) in [6, 6.07) is 0. The van der Waals surface area contributed by atoms with E-state index in [2.05, 4.69) is 31.5 Å². The van der Waals surface area contributed by atoms with Crippen LogP contribution in [0.15, 0.2) is 20.3 Å². The van der Waals surface area contributed by atoms with Crippen LogP contribution in [-0.2, 0) is 11.3 Å². The predicted octanol–water partition coefficient (Wildman–Crippen LogP) is -2.00. The predicted molar refractivity (Wildman–Crippen MR) is 74.4 cm³/mol. The van der Waals surface area contributed by atoms with Crippen LogP contribution in [0.3, 0.4) is 0 Å². The van der Waals surface area contributed by atoms with Crippen LogP contribution in [0.5, 0.6) is 0 Å². The summed E-state index contributed by atoms with van der Waals surface area (Å²) >= 11 is 2.99. The van der Waals surface area contributed by atoms with Gasteiger partial charge in [0.1, 0.15) is 6.54 Å². The molecule has 1 aliphatic rings. The van der Waals surface area contributed by atoms with Gasteiger partial charge < -0.3 is 15.7 Å². The largest absolute Gasteiger partial charge is 0.391 e. The van der Waals surface area contributed by atoms with E-state index in [1.54, 1.807) is 0 Å². The number of H-pyrrole nitrogens is 1. The number of aromatic amines is 1. The van der Waals surface area contributed by atoms with Crippen LogP contribution in [0.4, 0.5) is 0 Å². The SMILES string of the molecule is O=C(Cn1cc(Br)c(=O)[nH]c1=O)NCC1CNCC1O. The maximum atomic E-state index is 11.7. The molecule has 1 aromatic rings. The number of hydrogen-bond donors (Lipinski definition) is 4. The van der Waals surface area contributed by atoms with Gasteiger partial charge in [-0.05, 0) is 15.9 Å². The van der Waals surface area contributed by atoms with Crippen LogP contribution in [0.2, 0.25) is 0 Å². The Bertz CT molecular complexity index is 611. The fourth-order valence-corrected chi connectivity index (χ4v) is 2.33. The first-order chi connectivity index (χ1) is 9.47. The van der Waals surface area contributed by atoms with Gasteiger partial charge in [-0.25, -0.2) is 4.79 Å². The van der Waals surface area contributed by atoms with Crippen molar-refractivity contribution in [2.75, 3.05) is 19.6 Å². The van der Waals surface area contributed by atoms with Gasteiger partial charge in [0.25, 0.3) is 5.56 Å². The summed E-state index contributed by atoms with van der Waals surface area (Å²) in [6.45, 7) is 1.31. The highest BCUT2D eigenvalue weighted by Gasteiger charge is 2.24. The number of aromatic nitrogens is 2. The first-order valence-corrected chi connectivity index (χ1v) is 6.91. The topological polar surface area (TPSA) is 116 Å². The monoisotopic (exact) mass is 346 g/mol. The number of nitrogens with one attached hydrogen (secondary N) is 3. The quantitative estimate of drug-likeness (QED) is 0.503. The first kappa shape index (κ1) is 14.9. The third kappa shape index (κ3) is 3.56. The highest BCUT2D eigenvalue weighted by atomic mass is 79.9. The molecule has 2 heterocycles. The molecule has 2 atom stereocenters. The van der Waals surface area contributed by atoms with E-state index in [1.807, 2.05) is 0 Å². The fourth-order valence-electron chi connectivity index (χ4n) is 1.98. The van der Waals surface area contributed by atoms with Crippen LogP contribution in [-0.4, -0.2) is 46.3 Å². The molecule has 110 valence electrons. The fraction of sp³-hybridized carbons (Fsp3) is 0.545. The van der Waals surface area contributed by atoms with Gasteiger partial charge in [0, 0.05) is 31.7 Å². The van der Waals surface area contributed by atoms with Gasteiger partial charge in [-0.2, -0.15) is 0 Å². The highest BCUT2D eigenvalue weighted by Crippen LogP contribution is 2.06. The van der Waals surface area contributed by atoms with Crippen molar-refractivity contribution in [2.45, 2.75) is 12.6 Å². The lowest BCUT2D eigenvalue weighted by atomic mass is 10.1. The Hall–Kier alpha value is -1.45. The van der Waals surface area contributed by atoms with E-state index in [1.165, 1.54) is 6.20 Å². The molecule has 9 heteroatoms. The van der Waals surface area contributed by atoms with Gasteiger partial charge in [0.2, 0.25) is 5.91 Å². The molecule has 0 aromatic carbocycles. The summed E-state index contributed by atoms with van der Waals surface area (Å²) in [7, 11) is 0. The lowest BCUT2D eigenvalue weighted by Crippen LogP contribution is -2.39. The lowest BCUT2D eigenvalue weighted by molar-refractivity contribution is -0.122. The Balaban J connectivity index is 1.93. The molecule has 20 heavy (non-hydrogen) atoms. The van der Waals surface area contributed by atoms with Crippen LogP contribution >= 0.6 is 15.9 Å². The normalized spacial score (nSPS) is 21.9. The van der Waals surface area contributed by atoms with Crippen LogP contribution in [0.25, 0.3) is 0 Å². The van der Waals surface area contributed by atoms with Gasteiger partial charge in [-0.3, -0.25) is 19.1 Å². The molecule has 0 aliphatic carbocycles. The van der Waals surface area contributed by atoms with Crippen molar-refractivity contribution >= 4 is 21.8 Å². The zero-order chi connectivity index (χ0) is 14.7. The molecule has 0 spiro atoms. The smallest absolute Gasteiger partial charge is 0.328 e. The van der Waals surface area contributed by atoms with Crippen molar-refractivity contribution < 1.29 is 9.90 Å². The van der Waals surface area contributed by atoms with Crippen molar-refractivity contribution in [3.63, 3.8) is 0 Å². The number of amides is 1. The summed E-state index contributed by atoms with van der Waals surface area (Å²) in [5, 5.41) is 15.3. The molecular formula is C11H15BrN4O4. The maximum absolute atomic E-state index is 11.7. The summed E-state index contributed by atoms with van der Waals surface area (Å²) in [5.74, 6) is -0.386. The minimum absolute atomic E-state index is 0.0296. The molecule has 0 bridgehead atoms. The van der Waals surface area contributed by atoms with E-state index < -0.39 is 17.4 Å². The highest BCUT2D eigenvalue weighted by molar-refractivity contribution is 9.10. The summed E-state index contributed by atoms with van der Waals surface area (Å²) < 4.78 is 1.28. The average molecular weight is 347 g/mol. The number of carbonyl (C=O) groups is 1. The van der Waals surface area contributed by atoms with Gasteiger partial charge in [0.15, 0.2) is 0 Å². The molecule has 0 saturated carbocycles. The molecule has 2 unspecified atom stereocenters. The van der Waals surface area contributed by atoms with Gasteiger partial charge in [-0.1, -0.05) is 0 Å². The Labute approximate surface area is 122 Å². The molecule has 4 N–H and O–H groups in total. The molecule has 1 fully saturated rings. The number of β-amino-alcohol motifs (C(OH)–C–C–N with tert-alkyl or cyclic N) is 1. The number of aliphatic hydroxyl groups excluding tert-OH is 1. The molecule has 1 aromatic heterocycles. The van der Waals surface area contributed by atoms with E-state index in [-0.39, 0.29) is 22.8 Å². The zero-order valence-electron chi connectivity index (χ0n) is 10.6. The lowest BCUT2D eigenvalue weighted by Gasteiger charge is -2.14. The Morgan fingerprint density at radius 3 is 2.90 bits per heavy atom. The number of hydrogen-bond acceptors (Lipinski definition) is 5. The van der Waals surface area contributed by atoms with Crippen molar-refractivity contribution in [3.05, 3.63) is 31.5 Å². The van der Waals surface area contributed by atoms with Crippen molar-refractivity contribution in [3.8, 4) is 0 Å². The minimum atomic E-state index is -0.643. The molecule has 0 radical (unpaired) electrons. The van der Waals surface area contributed by atoms with Crippen LogP contribution < -0.4 is 21.9 Å². The molecular weight excluding hydrogens is 332 g/mol. The Morgan fingerprint density at radius 1 is 1.50 bits per heavy atom. The number of halogens is 1. The second-order valence-electron chi connectivity index (χ2n) is 4.65. The average Bonchev–Trinajstić information content (AvgIpc) is 2.79. The standard InChI is InChI=1S/C11H15BrN4O4/c12-7-4-16(11(20)15-10(7)19)5-9(18)14-2-6-1-13-3-8(6)17/h4,6,8,13,17H,1-3,5H2,(H,14,18)(H,15,19,20). The molecule has 1 aliphatic heterocycles. The van der Waals surface area contributed by atoms with Crippen molar-refractivity contribution in [1.29, 1.82) is 0 Å². The van der Waals surface area contributed by atoms with E-state index >= 15 is 0 Å². The molecule has 1 amide bonds. The Morgan fingerprint density at radius 2 is 2.25 bits per heavy atom. The van der Waals surface area contributed by atoms with Crippen molar-refractivity contribution in [2.24, 2.45) is 5.92 Å². The van der Waals surface area contributed by atoms with E-state index in [0.717, 1.165) is 4.57 Å². The summed E-state index contributed by atoms with van der Waals surface area (Å²) in [5.41, 5.74) is -1.18. The zero-order valence-corrected chi connectivity index (χ0v) is 12.1. The number of aliphatic hydroxyl groups is 1. The third-order valence-corrected chi connectivity index (χ3v) is 3.71. The summed E-state index contributed by atoms with van der Waals surface area (Å²) in [4.78, 5) is 36.5. The minimum Gasteiger partial charge on any atom is -0.391 e. The van der Waals surface area contributed by atoms with E-state index in [0.29, 0.717) is 19.6 Å². The number of nitrogens with zero attached hydrogens (tertiary/aromatic N) is 1. The second-order valence-corrected chi connectivity index (χ2v) is 5.51. The molecule has 8 nitrogen and oxygen atoms in total. The van der Waals surface area contributed by atoms with E-state index in [4.69, 9.17) is 0 Å². The second kappa shape index (κ2) is 6.33. The molecule has 2 rings (SSSR count). The molecule has 1 saturated heterocycles. The van der Waals surface area contributed by atoms with Crippen molar-refractivity contribution in [1.82, 2.24) is 20.2 Å². The third-order valence-electron chi connectivity index (χ3n) is 3.15. The summed E-state index contributed by atoms with van der Waals surface area (Å²) in [6.07, 6.45) is 0.799.